The SMILES string of the molecule is CC(C)(C)OC(=O)NCC(=O)Oc1cc(F)ccc1/C=C1/SC(N2CCCCN2)=NC1=O. The molecule has 0 saturated carbocycles. The van der Waals surface area contributed by atoms with Crippen molar-refractivity contribution in [3.63, 3.8) is 0 Å². The lowest BCUT2D eigenvalue weighted by molar-refractivity contribution is -0.133. The highest BCUT2D eigenvalue weighted by atomic mass is 32.2. The molecule has 2 N–H and O–H groups in total. The average Bonchev–Trinajstić information content (AvgIpc) is 3.08. The van der Waals surface area contributed by atoms with E-state index >= 15 is 0 Å². The number of aliphatic imine (C=N–C) groups is 1. The molecule has 32 heavy (non-hydrogen) atoms. The number of carbonyl (C=O) groups excluding carboxylic acids is 3. The molecule has 1 saturated heterocycles. The third-order valence-corrected chi connectivity index (χ3v) is 5.22. The van der Waals surface area contributed by atoms with E-state index in [1.54, 1.807) is 20.8 Å². The van der Waals surface area contributed by atoms with Crippen molar-refractivity contribution >= 4 is 41.0 Å². The number of amidine groups is 1. The summed E-state index contributed by atoms with van der Waals surface area (Å²) < 4.78 is 24.1. The number of rotatable bonds is 4. The van der Waals surface area contributed by atoms with Gasteiger partial charge >= 0.3 is 12.1 Å². The van der Waals surface area contributed by atoms with Gasteiger partial charge in [0.25, 0.3) is 5.91 Å². The molecule has 9 nitrogen and oxygen atoms in total. The number of nitrogens with zero attached hydrogens (tertiary/aromatic N) is 2. The molecule has 0 aliphatic carbocycles. The predicted octanol–water partition coefficient (Wildman–Crippen LogP) is 2.83. The number of esters is 1. The molecule has 0 bridgehead atoms. The van der Waals surface area contributed by atoms with Crippen molar-refractivity contribution in [1.82, 2.24) is 15.8 Å². The van der Waals surface area contributed by atoms with Crippen LogP contribution < -0.4 is 15.5 Å². The fourth-order valence-electron chi connectivity index (χ4n) is 2.84. The van der Waals surface area contributed by atoms with Crippen molar-refractivity contribution in [2.75, 3.05) is 19.6 Å². The van der Waals surface area contributed by atoms with Crippen molar-refractivity contribution in [1.29, 1.82) is 0 Å². The summed E-state index contributed by atoms with van der Waals surface area (Å²) in [6.07, 6.45) is 2.77. The number of hydrogen-bond acceptors (Lipinski definition) is 8. The van der Waals surface area contributed by atoms with Gasteiger partial charge < -0.3 is 14.8 Å². The van der Waals surface area contributed by atoms with Crippen LogP contribution in [0.2, 0.25) is 0 Å². The molecule has 3 rings (SSSR count). The number of hydrogen-bond donors (Lipinski definition) is 2. The van der Waals surface area contributed by atoms with Crippen LogP contribution >= 0.6 is 11.8 Å². The highest BCUT2D eigenvalue weighted by Gasteiger charge is 2.27. The van der Waals surface area contributed by atoms with Crippen LogP contribution in [-0.4, -0.2) is 53.4 Å². The van der Waals surface area contributed by atoms with E-state index in [1.807, 2.05) is 5.01 Å². The van der Waals surface area contributed by atoms with E-state index in [9.17, 15) is 18.8 Å². The number of alkyl carbamates (subject to hydrolysis) is 1. The predicted molar refractivity (Wildman–Crippen MR) is 118 cm³/mol. The number of nitrogens with one attached hydrogen (secondary N) is 2. The first-order valence-electron chi connectivity index (χ1n) is 10.1. The number of carbonyl (C=O) groups is 3. The van der Waals surface area contributed by atoms with Crippen LogP contribution in [-0.2, 0) is 14.3 Å². The van der Waals surface area contributed by atoms with Crippen molar-refractivity contribution in [3.05, 3.63) is 34.5 Å². The van der Waals surface area contributed by atoms with E-state index in [0.717, 1.165) is 32.0 Å². The Labute approximate surface area is 189 Å². The Morgan fingerprint density at radius 1 is 1.34 bits per heavy atom. The maximum Gasteiger partial charge on any atom is 0.408 e. The van der Waals surface area contributed by atoms with Crippen LogP contribution in [0.4, 0.5) is 9.18 Å². The Bertz CT molecular complexity index is 967. The first kappa shape index (κ1) is 23.7. The van der Waals surface area contributed by atoms with Crippen LogP contribution in [0.3, 0.4) is 0 Å². The number of amides is 2. The van der Waals surface area contributed by atoms with Crippen molar-refractivity contribution in [2.45, 2.75) is 39.2 Å². The Balaban J connectivity index is 1.67. The van der Waals surface area contributed by atoms with Crippen LogP contribution in [0, 0.1) is 5.82 Å². The molecule has 2 amide bonds. The molecular formula is C21H25FN4O5S. The zero-order valence-electron chi connectivity index (χ0n) is 18.1. The number of hydrazine groups is 1. The molecule has 1 aromatic rings. The smallest absolute Gasteiger partial charge is 0.408 e. The maximum absolute atomic E-state index is 13.8. The normalized spacial score (nSPS) is 17.9. The van der Waals surface area contributed by atoms with Gasteiger partial charge in [-0.2, -0.15) is 4.99 Å². The van der Waals surface area contributed by atoms with E-state index in [0.29, 0.717) is 15.6 Å². The molecule has 2 heterocycles. The third kappa shape index (κ3) is 6.79. The first-order chi connectivity index (χ1) is 15.1. The van der Waals surface area contributed by atoms with Gasteiger partial charge in [-0.1, -0.05) is 0 Å². The van der Waals surface area contributed by atoms with Crippen LogP contribution in [0.5, 0.6) is 5.75 Å². The van der Waals surface area contributed by atoms with E-state index in [-0.39, 0.29) is 5.75 Å². The Hall–Kier alpha value is -2.92. The van der Waals surface area contributed by atoms with Crippen molar-refractivity contribution < 1.29 is 28.2 Å². The Morgan fingerprint density at radius 3 is 2.81 bits per heavy atom. The summed E-state index contributed by atoms with van der Waals surface area (Å²) in [5.74, 6) is -1.94. The molecule has 0 unspecified atom stereocenters. The zero-order valence-corrected chi connectivity index (χ0v) is 18.9. The quantitative estimate of drug-likeness (QED) is 0.398. The largest absolute Gasteiger partial charge is 0.444 e. The fraction of sp³-hybridized carbons (Fsp3) is 0.429. The molecule has 0 aromatic heterocycles. The molecule has 2 aliphatic heterocycles. The van der Waals surface area contributed by atoms with E-state index < -0.39 is 35.9 Å². The molecule has 1 fully saturated rings. The molecule has 0 radical (unpaired) electrons. The van der Waals surface area contributed by atoms with E-state index in [4.69, 9.17) is 9.47 Å². The number of benzene rings is 1. The minimum absolute atomic E-state index is 0.0774. The molecule has 11 heteroatoms. The van der Waals surface area contributed by atoms with Gasteiger partial charge in [0.1, 0.15) is 23.7 Å². The number of halogens is 1. The number of ether oxygens (including phenoxy) is 2. The number of thioether (sulfide) groups is 1. The van der Waals surface area contributed by atoms with Crippen LogP contribution in [0.25, 0.3) is 6.08 Å². The lowest BCUT2D eigenvalue weighted by Crippen LogP contribution is -2.45. The van der Waals surface area contributed by atoms with Gasteiger partial charge in [0.05, 0.1) is 4.91 Å². The molecule has 2 aliphatic rings. The second-order valence-electron chi connectivity index (χ2n) is 8.09. The highest BCUT2D eigenvalue weighted by molar-refractivity contribution is 8.18. The molecule has 0 atom stereocenters. The van der Waals surface area contributed by atoms with Gasteiger partial charge in [0.2, 0.25) is 0 Å². The summed E-state index contributed by atoms with van der Waals surface area (Å²) in [5, 5.41) is 4.66. The Morgan fingerprint density at radius 2 is 2.12 bits per heavy atom. The summed E-state index contributed by atoms with van der Waals surface area (Å²) in [6.45, 7) is 6.16. The van der Waals surface area contributed by atoms with Crippen molar-refractivity contribution in [2.24, 2.45) is 4.99 Å². The fourth-order valence-corrected chi connectivity index (χ4v) is 3.75. The molecular weight excluding hydrogens is 439 g/mol. The van der Waals surface area contributed by atoms with E-state index in [1.165, 1.54) is 30.0 Å². The second kappa shape index (κ2) is 10.1. The topological polar surface area (TPSA) is 109 Å². The summed E-state index contributed by atoms with van der Waals surface area (Å²) >= 11 is 1.19. The molecule has 172 valence electrons. The maximum atomic E-state index is 13.8. The van der Waals surface area contributed by atoms with Gasteiger partial charge in [-0.25, -0.2) is 19.4 Å². The van der Waals surface area contributed by atoms with E-state index in [2.05, 4.69) is 15.7 Å². The lowest BCUT2D eigenvalue weighted by Gasteiger charge is -2.28. The third-order valence-electron chi connectivity index (χ3n) is 4.21. The van der Waals surface area contributed by atoms with Gasteiger partial charge in [-0.3, -0.25) is 9.80 Å². The monoisotopic (exact) mass is 464 g/mol. The van der Waals surface area contributed by atoms with Gasteiger partial charge in [-0.05, 0) is 63.6 Å². The minimum atomic E-state index is -0.819. The molecule has 0 spiro atoms. The summed E-state index contributed by atoms with van der Waals surface area (Å²) in [6, 6.07) is 3.63. The lowest BCUT2D eigenvalue weighted by atomic mass is 10.2. The minimum Gasteiger partial charge on any atom is -0.444 e. The Kier molecular flexibility index (Phi) is 7.52. The summed E-state index contributed by atoms with van der Waals surface area (Å²) in [7, 11) is 0. The summed E-state index contributed by atoms with van der Waals surface area (Å²) in [4.78, 5) is 40.6. The summed E-state index contributed by atoms with van der Waals surface area (Å²) in [5.41, 5.74) is 2.80. The van der Waals surface area contributed by atoms with Crippen LogP contribution in [0.15, 0.2) is 28.1 Å². The standard InChI is InChI=1S/C21H25FN4O5S/c1-21(2,3)31-20(29)23-12-17(27)30-15-11-14(22)7-6-13(15)10-16-18(28)25-19(32-16)26-9-5-4-8-24-26/h6-7,10-11,24H,4-5,8-9,12H2,1-3H3,(H,23,29)/b16-10+. The first-order valence-corrected chi connectivity index (χ1v) is 10.9. The van der Waals surface area contributed by atoms with Gasteiger partial charge in [-0.15, -0.1) is 0 Å². The van der Waals surface area contributed by atoms with Crippen LogP contribution in [0.1, 0.15) is 39.2 Å². The highest BCUT2D eigenvalue weighted by Crippen LogP contribution is 2.32. The van der Waals surface area contributed by atoms with Gasteiger partial charge in [0, 0.05) is 24.7 Å². The molecule has 1 aromatic carbocycles. The zero-order chi connectivity index (χ0) is 23.3. The average molecular weight is 465 g/mol. The van der Waals surface area contributed by atoms with Gasteiger partial charge in [0.15, 0.2) is 5.17 Å². The van der Waals surface area contributed by atoms with Crippen molar-refractivity contribution in [3.8, 4) is 5.75 Å². The second-order valence-corrected chi connectivity index (χ2v) is 9.10.